The van der Waals surface area contributed by atoms with E-state index in [1.54, 1.807) is 7.05 Å². The van der Waals surface area contributed by atoms with Crippen LogP contribution in [-0.4, -0.2) is 37.3 Å². The lowest BCUT2D eigenvalue weighted by Crippen LogP contribution is -2.44. The fraction of sp³-hybridized carbons (Fsp3) is 0.909. The van der Waals surface area contributed by atoms with Crippen molar-refractivity contribution < 1.29 is 9.90 Å². The van der Waals surface area contributed by atoms with Crippen molar-refractivity contribution in [2.75, 3.05) is 20.2 Å². The number of aliphatic hydroxyl groups excluding tert-OH is 1. The predicted molar refractivity (Wildman–Crippen MR) is 61.6 cm³/mol. The van der Waals surface area contributed by atoms with E-state index in [4.69, 9.17) is 5.11 Å². The highest BCUT2D eigenvalue weighted by Gasteiger charge is 2.19. The number of carbonyl (C=O) groups excluding carboxylic acids is 1. The molecule has 0 aromatic heterocycles. The zero-order valence-corrected chi connectivity index (χ0v) is 10.3. The van der Waals surface area contributed by atoms with Crippen LogP contribution in [0.1, 0.15) is 33.6 Å². The lowest BCUT2D eigenvalue weighted by molar-refractivity contribution is -0.122. The Morgan fingerprint density at radius 1 is 1.47 bits per heavy atom. The minimum atomic E-state index is -0.164. The van der Waals surface area contributed by atoms with Crippen molar-refractivity contribution in [3.8, 4) is 0 Å². The maximum Gasteiger partial charge on any atom is 0.236 e. The zero-order chi connectivity index (χ0) is 11.9. The second kappa shape index (κ2) is 6.80. The Morgan fingerprint density at radius 3 is 2.53 bits per heavy atom. The van der Waals surface area contributed by atoms with Crippen molar-refractivity contribution in [2.24, 2.45) is 5.41 Å². The van der Waals surface area contributed by atoms with Crippen LogP contribution in [0, 0.1) is 5.41 Å². The molecule has 1 unspecified atom stereocenters. The van der Waals surface area contributed by atoms with Gasteiger partial charge < -0.3 is 15.7 Å². The summed E-state index contributed by atoms with van der Waals surface area (Å²) in [4.78, 5) is 11.2. The molecule has 0 rings (SSSR count). The molecule has 0 saturated carbocycles. The first-order valence-corrected chi connectivity index (χ1v) is 5.49. The summed E-state index contributed by atoms with van der Waals surface area (Å²) in [6.07, 6.45) is 1.76. The molecule has 4 nitrogen and oxygen atoms in total. The van der Waals surface area contributed by atoms with E-state index in [9.17, 15) is 4.79 Å². The fourth-order valence-corrected chi connectivity index (χ4v) is 1.38. The molecule has 0 heterocycles. The van der Waals surface area contributed by atoms with E-state index in [0.717, 1.165) is 19.4 Å². The minimum absolute atomic E-state index is 0.00737. The van der Waals surface area contributed by atoms with E-state index in [2.05, 4.69) is 24.5 Å². The topological polar surface area (TPSA) is 61.4 Å². The van der Waals surface area contributed by atoms with Gasteiger partial charge in [-0.15, -0.1) is 0 Å². The van der Waals surface area contributed by atoms with Gasteiger partial charge in [-0.3, -0.25) is 4.79 Å². The van der Waals surface area contributed by atoms with Gasteiger partial charge in [0.15, 0.2) is 0 Å². The van der Waals surface area contributed by atoms with Gasteiger partial charge >= 0.3 is 0 Å². The highest BCUT2D eigenvalue weighted by atomic mass is 16.2. The first-order valence-electron chi connectivity index (χ1n) is 5.49. The summed E-state index contributed by atoms with van der Waals surface area (Å²) in [5.74, 6) is 0.00737. The van der Waals surface area contributed by atoms with E-state index < -0.39 is 0 Å². The standard InChI is InChI=1S/C11H24N2O2/c1-9(10(15)12-4)13-8-11(2,3)6-5-7-14/h9,13-14H,5-8H2,1-4H3,(H,12,15). The second-order valence-corrected chi connectivity index (χ2v) is 4.71. The third-order valence-corrected chi connectivity index (χ3v) is 2.54. The number of hydrogen-bond acceptors (Lipinski definition) is 3. The fourth-order valence-electron chi connectivity index (χ4n) is 1.38. The lowest BCUT2D eigenvalue weighted by atomic mass is 9.87. The Kier molecular flexibility index (Phi) is 6.52. The summed E-state index contributed by atoms with van der Waals surface area (Å²) in [6, 6.07) is -0.164. The molecule has 3 N–H and O–H groups in total. The predicted octanol–water partition coefficient (Wildman–Crippen LogP) is 0.509. The molecule has 90 valence electrons. The molecule has 1 atom stereocenters. The monoisotopic (exact) mass is 216 g/mol. The summed E-state index contributed by atoms with van der Waals surface area (Å²) < 4.78 is 0. The number of rotatable bonds is 7. The van der Waals surface area contributed by atoms with Crippen molar-refractivity contribution in [3.05, 3.63) is 0 Å². The number of carbonyl (C=O) groups is 1. The molecule has 0 aliphatic rings. The number of nitrogens with one attached hydrogen (secondary N) is 2. The molecule has 0 radical (unpaired) electrons. The number of amides is 1. The molecule has 4 heteroatoms. The maximum absolute atomic E-state index is 11.2. The molecule has 0 aromatic carbocycles. The Labute approximate surface area is 92.4 Å². The Bertz CT molecular complexity index is 193. The van der Waals surface area contributed by atoms with E-state index in [1.807, 2.05) is 6.92 Å². The van der Waals surface area contributed by atoms with Gasteiger partial charge in [0.1, 0.15) is 0 Å². The normalized spacial score (nSPS) is 13.7. The van der Waals surface area contributed by atoms with Crippen LogP contribution in [0.15, 0.2) is 0 Å². The molecule has 1 amide bonds. The molecule has 0 bridgehead atoms. The lowest BCUT2D eigenvalue weighted by Gasteiger charge is -2.26. The molecular weight excluding hydrogens is 192 g/mol. The van der Waals surface area contributed by atoms with Crippen LogP contribution < -0.4 is 10.6 Å². The Morgan fingerprint density at radius 2 is 2.07 bits per heavy atom. The van der Waals surface area contributed by atoms with Gasteiger partial charge in [-0.1, -0.05) is 13.8 Å². The number of aliphatic hydroxyl groups is 1. The quantitative estimate of drug-likeness (QED) is 0.581. The third kappa shape index (κ3) is 6.47. The molecule has 0 aliphatic heterocycles. The van der Waals surface area contributed by atoms with Crippen molar-refractivity contribution in [1.29, 1.82) is 0 Å². The highest BCUT2D eigenvalue weighted by molar-refractivity contribution is 5.80. The van der Waals surface area contributed by atoms with Crippen molar-refractivity contribution in [2.45, 2.75) is 39.7 Å². The van der Waals surface area contributed by atoms with E-state index in [-0.39, 0.29) is 24.0 Å². The third-order valence-electron chi connectivity index (χ3n) is 2.54. The molecule has 15 heavy (non-hydrogen) atoms. The summed E-state index contributed by atoms with van der Waals surface area (Å²) >= 11 is 0. The van der Waals surface area contributed by atoms with Gasteiger partial charge in [-0.25, -0.2) is 0 Å². The Hall–Kier alpha value is -0.610. The average molecular weight is 216 g/mol. The van der Waals surface area contributed by atoms with Crippen LogP contribution in [-0.2, 0) is 4.79 Å². The molecular formula is C11H24N2O2. The van der Waals surface area contributed by atoms with Gasteiger partial charge in [-0.2, -0.15) is 0 Å². The summed E-state index contributed by atoms with van der Waals surface area (Å²) in [5, 5.41) is 14.5. The van der Waals surface area contributed by atoms with Gasteiger partial charge in [0, 0.05) is 20.2 Å². The summed E-state index contributed by atoms with van der Waals surface area (Å²) in [7, 11) is 1.64. The van der Waals surface area contributed by atoms with Crippen LogP contribution in [0.2, 0.25) is 0 Å². The SMILES string of the molecule is CNC(=O)C(C)NCC(C)(C)CCCO. The highest BCUT2D eigenvalue weighted by Crippen LogP contribution is 2.20. The van der Waals surface area contributed by atoms with Gasteiger partial charge in [0.05, 0.1) is 6.04 Å². The first-order chi connectivity index (χ1) is 6.93. The average Bonchev–Trinajstić information content (AvgIpc) is 2.22. The van der Waals surface area contributed by atoms with E-state index in [1.165, 1.54) is 0 Å². The molecule has 0 saturated heterocycles. The van der Waals surface area contributed by atoms with Crippen molar-refractivity contribution in [3.63, 3.8) is 0 Å². The molecule has 0 aromatic rings. The summed E-state index contributed by atoms with van der Waals surface area (Å²) in [5.41, 5.74) is 0.116. The van der Waals surface area contributed by atoms with E-state index >= 15 is 0 Å². The van der Waals surface area contributed by atoms with Crippen LogP contribution in [0.3, 0.4) is 0 Å². The van der Waals surface area contributed by atoms with Gasteiger partial charge in [-0.05, 0) is 25.2 Å². The molecule has 0 fully saturated rings. The second-order valence-electron chi connectivity index (χ2n) is 4.71. The van der Waals surface area contributed by atoms with Gasteiger partial charge in [0.25, 0.3) is 0 Å². The van der Waals surface area contributed by atoms with Crippen LogP contribution in [0.25, 0.3) is 0 Å². The van der Waals surface area contributed by atoms with Crippen LogP contribution in [0.4, 0.5) is 0 Å². The van der Waals surface area contributed by atoms with Crippen LogP contribution in [0.5, 0.6) is 0 Å². The minimum Gasteiger partial charge on any atom is -0.396 e. The smallest absolute Gasteiger partial charge is 0.236 e. The van der Waals surface area contributed by atoms with Crippen molar-refractivity contribution >= 4 is 5.91 Å². The number of likely N-dealkylation sites (N-methyl/N-ethyl adjacent to an activating group) is 1. The van der Waals surface area contributed by atoms with Crippen LogP contribution >= 0.6 is 0 Å². The maximum atomic E-state index is 11.2. The Balaban J connectivity index is 3.86. The zero-order valence-electron chi connectivity index (χ0n) is 10.3. The first kappa shape index (κ1) is 14.4. The van der Waals surface area contributed by atoms with Gasteiger partial charge in [0.2, 0.25) is 5.91 Å². The van der Waals surface area contributed by atoms with E-state index in [0.29, 0.717) is 0 Å². The number of hydrogen-bond donors (Lipinski definition) is 3. The van der Waals surface area contributed by atoms with Crippen molar-refractivity contribution in [1.82, 2.24) is 10.6 Å². The largest absolute Gasteiger partial charge is 0.396 e. The molecule has 0 spiro atoms. The summed E-state index contributed by atoms with van der Waals surface area (Å²) in [6.45, 7) is 7.12. The molecule has 0 aliphatic carbocycles.